The van der Waals surface area contributed by atoms with Gasteiger partial charge in [0, 0.05) is 16.2 Å². The zero-order valence-corrected chi connectivity index (χ0v) is 19.3. The Kier molecular flexibility index (Phi) is 5.90. The molecule has 0 spiro atoms. The quantitative estimate of drug-likeness (QED) is 0.345. The second kappa shape index (κ2) is 9.15. The Morgan fingerprint density at radius 1 is 1.00 bits per heavy atom. The molecule has 0 bridgehead atoms. The smallest absolute Gasteiger partial charge is 0.326 e. The normalized spacial score (nSPS) is 16.0. The number of nitrogens with one attached hydrogen (secondary N) is 1. The Hall–Kier alpha value is -3.91. The highest BCUT2D eigenvalue weighted by Gasteiger charge is 2.36. The number of anilines is 1. The van der Waals surface area contributed by atoms with Crippen LogP contribution in [0.2, 0.25) is 0 Å². The molecule has 1 aliphatic heterocycles. The fraction of sp³-hybridized carbons (Fsp3) is 0.115. The Balaban J connectivity index is 1.62. The molecule has 1 aromatic heterocycles. The van der Waals surface area contributed by atoms with Crippen LogP contribution in [0.1, 0.15) is 24.4 Å². The molecule has 0 saturated heterocycles. The molecule has 6 nitrogen and oxygen atoms in total. The number of aromatic nitrogens is 2. The van der Waals surface area contributed by atoms with Gasteiger partial charge in [0.25, 0.3) is 5.89 Å². The van der Waals surface area contributed by atoms with Crippen LogP contribution in [0.4, 0.5) is 14.9 Å². The van der Waals surface area contributed by atoms with Crippen LogP contribution < -0.4 is 10.2 Å². The van der Waals surface area contributed by atoms with Crippen molar-refractivity contribution < 1.29 is 13.7 Å². The van der Waals surface area contributed by atoms with Crippen molar-refractivity contribution in [3.63, 3.8) is 0 Å². The van der Waals surface area contributed by atoms with E-state index in [0.717, 1.165) is 16.0 Å². The average molecular weight is 473 g/mol. The molecule has 1 aliphatic rings. The molecule has 2 heterocycles. The van der Waals surface area contributed by atoms with E-state index in [2.05, 4.69) is 15.5 Å². The highest BCUT2D eigenvalue weighted by molar-refractivity contribution is 7.98. The highest BCUT2D eigenvalue weighted by Crippen LogP contribution is 2.39. The van der Waals surface area contributed by atoms with E-state index >= 15 is 0 Å². The average Bonchev–Trinajstić information content (AvgIpc) is 3.35. The molecule has 4 aromatic rings. The van der Waals surface area contributed by atoms with Crippen molar-refractivity contribution in [1.82, 2.24) is 15.5 Å². The monoisotopic (exact) mass is 472 g/mol. The van der Waals surface area contributed by atoms with Crippen molar-refractivity contribution in [2.45, 2.75) is 17.9 Å². The summed E-state index contributed by atoms with van der Waals surface area (Å²) in [6.07, 6.45) is 2.02. The molecule has 0 radical (unpaired) electrons. The van der Waals surface area contributed by atoms with E-state index in [-0.39, 0.29) is 11.8 Å². The van der Waals surface area contributed by atoms with E-state index in [9.17, 15) is 9.18 Å². The number of urea groups is 1. The van der Waals surface area contributed by atoms with Crippen molar-refractivity contribution in [2.24, 2.45) is 0 Å². The first-order chi connectivity index (χ1) is 16.5. The predicted octanol–water partition coefficient (Wildman–Crippen LogP) is 6.30. The van der Waals surface area contributed by atoms with Gasteiger partial charge in [-0.15, -0.1) is 11.8 Å². The molecule has 1 N–H and O–H groups in total. The van der Waals surface area contributed by atoms with E-state index in [4.69, 9.17) is 4.52 Å². The molecule has 8 heteroatoms. The molecule has 170 valence electrons. The number of hydrogen-bond donors (Lipinski definition) is 1. The van der Waals surface area contributed by atoms with Crippen molar-refractivity contribution in [3.8, 4) is 11.4 Å². The van der Waals surface area contributed by atoms with Crippen LogP contribution in [0.3, 0.4) is 0 Å². The van der Waals surface area contributed by atoms with Crippen molar-refractivity contribution in [2.75, 3.05) is 11.2 Å². The van der Waals surface area contributed by atoms with E-state index in [1.165, 1.54) is 17.0 Å². The Bertz CT molecular complexity index is 1350. The lowest BCUT2D eigenvalue weighted by atomic mass is 9.94. The van der Waals surface area contributed by atoms with Gasteiger partial charge in [0.15, 0.2) is 0 Å². The molecule has 2 amide bonds. The number of amides is 2. The predicted molar refractivity (Wildman–Crippen MR) is 131 cm³/mol. The topological polar surface area (TPSA) is 71.3 Å². The molecular formula is C26H21FN4O2S. The van der Waals surface area contributed by atoms with E-state index < -0.39 is 6.04 Å². The maximum atomic E-state index is 13.5. The van der Waals surface area contributed by atoms with Gasteiger partial charge in [-0.2, -0.15) is 4.98 Å². The third-order valence-corrected chi connectivity index (χ3v) is 6.45. The molecule has 1 unspecified atom stereocenters. The molecule has 0 aliphatic carbocycles. The molecule has 3 aromatic carbocycles. The number of benzene rings is 3. The number of thioether (sulfide) groups is 1. The first-order valence-corrected chi connectivity index (χ1v) is 11.9. The summed E-state index contributed by atoms with van der Waals surface area (Å²) >= 11 is 1.66. The van der Waals surface area contributed by atoms with Crippen LogP contribution in [0.5, 0.6) is 0 Å². The zero-order chi connectivity index (χ0) is 23.7. The number of hydrogen-bond acceptors (Lipinski definition) is 5. The second-order valence-electron chi connectivity index (χ2n) is 7.76. The third kappa shape index (κ3) is 4.08. The number of halogens is 1. The van der Waals surface area contributed by atoms with Crippen LogP contribution in [0.25, 0.3) is 17.0 Å². The first-order valence-electron chi connectivity index (χ1n) is 10.7. The molecule has 0 fully saturated rings. The summed E-state index contributed by atoms with van der Waals surface area (Å²) in [5, 5.41) is 7.24. The van der Waals surface area contributed by atoms with E-state index in [1.807, 2.05) is 67.8 Å². The van der Waals surface area contributed by atoms with Crippen molar-refractivity contribution in [3.05, 3.63) is 102 Å². The van der Waals surface area contributed by atoms with Gasteiger partial charge in [-0.05, 0) is 67.3 Å². The Morgan fingerprint density at radius 2 is 1.71 bits per heavy atom. The Morgan fingerprint density at radius 3 is 2.38 bits per heavy atom. The summed E-state index contributed by atoms with van der Waals surface area (Å²) in [6, 6.07) is 22.5. The minimum Gasteiger partial charge on any atom is -0.334 e. The summed E-state index contributed by atoms with van der Waals surface area (Å²) in [6.45, 7) is 1.82. The minimum atomic E-state index is -0.488. The number of carbonyl (C=O) groups excluding carboxylic acids is 1. The van der Waals surface area contributed by atoms with Crippen LogP contribution in [0.15, 0.2) is 94.0 Å². The summed E-state index contributed by atoms with van der Waals surface area (Å²) < 4.78 is 19.2. The van der Waals surface area contributed by atoms with Gasteiger partial charge >= 0.3 is 6.03 Å². The standard InChI is InChI=1S/C26H21FN4O2S/c1-16-22(25-29-24(30-33-25)18-8-14-21(34-2)15-9-18)23(17-6-4-3-5-7-17)28-26(32)31(16)20-12-10-19(27)11-13-20/h3-15,23H,1-2H3,(H,28,32). The van der Waals surface area contributed by atoms with Crippen LogP contribution in [-0.2, 0) is 0 Å². The van der Waals surface area contributed by atoms with E-state index in [0.29, 0.717) is 28.7 Å². The Labute approximate surface area is 200 Å². The summed E-state index contributed by atoms with van der Waals surface area (Å²) in [5.41, 5.74) is 3.55. The second-order valence-corrected chi connectivity index (χ2v) is 8.64. The fourth-order valence-corrected chi connectivity index (χ4v) is 4.42. The molecule has 34 heavy (non-hydrogen) atoms. The number of nitrogens with zero attached hydrogens (tertiary/aromatic N) is 3. The van der Waals surface area contributed by atoms with Gasteiger partial charge in [-0.25, -0.2) is 9.18 Å². The SMILES string of the molecule is CSc1ccc(-c2noc(C3=C(C)N(c4ccc(F)cc4)C(=O)NC3c3ccccc3)n2)cc1. The van der Waals surface area contributed by atoms with Crippen LogP contribution in [-0.4, -0.2) is 22.4 Å². The lowest BCUT2D eigenvalue weighted by Crippen LogP contribution is -2.46. The minimum absolute atomic E-state index is 0.308. The molecule has 0 saturated carbocycles. The van der Waals surface area contributed by atoms with Gasteiger partial charge in [0.2, 0.25) is 5.82 Å². The summed E-state index contributed by atoms with van der Waals surface area (Å²) in [7, 11) is 0. The van der Waals surface area contributed by atoms with Gasteiger partial charge in [-0.1, -0.05) is 35.5 Å². The van der Waals surface area contributed by atoms with Gasteiger partial charge in [-0.3, -0.25) is 4.90 Å². The first kappa shape index (κ1) is 21.9. The van der Waals surface area contributed by atoms with Gasteiger partial charge in [0.1, 0.15) is 5.82 Å². The van der Waals surface area contributed by atoms with Gasteiger partial charge in [0.05, 0.1) is 17.3 Å². The largest absolute Gasteiger partial charge is 0.334 e. The zero-order valence-electron chi connectivity index (χ0n) is 18.5. The lowest BCUT2D eigenvalue weighted by molar-refractivity contribution is 0.244. The molecular weight excluding hydrogens is 451 g/mol. The van der Waals surface area contributed by atoms with Crippen molar-refractivity contribution >= 4 is 29.1 Å². The van der Waals surface area contributed by atoms with Crippen molar-refractivity contribution in [1.29, 1.82) is 0 Å². The molecule has 1 atom stereocenters. The van der Waals surface area contributed by atoms with Crippen LogP contribution in [0, 0.1) is 5.82 Å². The third-order valence-electron chi connectivity index (χ3n) is 5.71. The maximum Gasteiger partial charge on any atom is 0.326 e. The fourth-order valence-electron chi connectivity index (χ4n) is 4.01. The number of rotatable bonds is 5. The summed E-state index contributed by atoms with van der Waals surface area (Å²) in [5.74, 6) is 0.390. The number of allylic oxidation sites excluding steroid dienone is 1. The summed E-state index contributed by atoms with van der Waals surface area (Å²) in [4.78, 5) is 20.5. The molecule has 5 rings (SSSR count). The lowest BCUT2D eigenvalue weighted by Gasteiger charge is -2.35. The van der Waals surface area contributed by atoms with E-state index in [1.54, 1.807) is 23.9 Å². The highest BCUT2D eigenvalue weighted by atomic mass is 32.2. The van der Waals surface area contributed by atoms with Gasteiger partial charge < -0.3 is 9.84 Å². The number of carbonyl (C=O) groups is 1. The maximum absolute atomic E-state index is 13.5. The van der Waals surface area contributed by atoms with Crippen LogP contribution >= 0.6 is 11.8 Å².